The van der Waals surface area contributed by atoms with Gasteiger partial charge < -0.3 is 15.0 Å². The number of carbonyl (C=O) groups excluding carboxylic acids is 2. The molecule has 2 heterocycles. The van der Waals surface area contributed by atoms with E-state index in [0.717, 1.165) is 6.42 Å². The van der Waals surface area contributed by atoms with E-state index < -0.39 is 5.54 Å². The second-order valence-corrected chi connectivity index (χ2v) is 5.07. The van der Waals surface area contributed by atoms with Crippen LogP contribution in [0.5, 0.6) is 0 Å². The van der Waals surface area contributed by atoms with E-state index in [2.05, 4.69) is 16.7 Å². The first-order valence-electron chi connectivity index (χ1n) is 6.94. The molecule has 2 aliphatic heterocycles. The number of nitrogens with zero attached hydrogens (tertiary/aromatic N) is 2. The van der Waals surface area contributed by atoms with Crippen LogP contribution in [-0.4, -0.2) is 68.1 Å². The van der Waals surface area contributed by atoms with Crippen LogP contribution in [0.1, 0.15) is 12.8 Å². The summed E-state index contributed by atoms with van der Waals surface area (Å²) in [5.41, 5.74) is -1.06. The number of carbonyl (C=O) groups is 2. The summed E-state index contributed by atoms with van der Waals surface area (Å²) in [4.78, 5) is 25.6. The molecule has 7 nitrogen and oxygen atoms in total. The van der Waals surface area contributed by atoms with Crippen molar-refractivity contribution < 1.29 is 14.3 Å². The monoisotopic (exact) mass is 280 g/mol. The quantitative estimate of drug-likeness (QED) is 0.646. The number of hydrogen-bond acceptors (Lipinski definition) is 6. The fourth-order valence-corrected chi connectivity index (χ4v) is 2.50. The standard InChI is InChI=1S/C13H20N4O3/c14-10-13(2-1-3-16-13)11(18)8-15-9-12(19)17-4-6-20-7-5-17/h15-16H,1-9H2/t13-/m0/s1. The minimum Gasteiger partial charge on any atom is -0.378 e. The highest BCUT2D eigenvalue weighted by Gasteiger charge is 2.40. The summed E-state index contributed by atoms with van der Waals surface area (Å²) in [5, 5.41) is 15.0. The number of nitriles is 1. The Kier molecular flexibility index (Phi) is 5.06. The Morgan fingerprint density at radius 3 is 2.70 bits per heavy atom. The Morgan fingerprint density at radius 1 is 1.35 bits per heavy atom. The summed E-state index contributed by atoms with van der Waals surface area (Å²) >= 11 is 0. The average molecular weight is 280 g/mol. The molecule has 0 aromatic heterocycles. The number of amides is 1. The molecule has 1 atom stereocenters. The van der Waals surface area contributed by atoms with Gasteiger partial charge in [0.25, 0.3) is 0 Å². The van der Waals surface area contributed by atoms with Crippen molar-refractivity contribution >= 4 is 11.7 Å². The van der Waals surface area contributed by atoms with Crippen LogP contribution in [0.3, 0.4) is 0 Å². The van der Waals surface area contributed by atoms with E-state index in [1.807, 2.05) is 0 Å². The van der Waals surface area contributed by atoms with Gasteiger partial charge in [-0.25, -0.2) is 0 Å². The highest BCUT2D eigenvalue weighted by molar-refractivity contribution is 5.93. The predicted octanol–water partition coefficient (Wildman–Crippen LogP) is -1.35. The van der Waals surface area contributed by atoms with Gasteiger partial charge in [-0.2, -0.15) is 5.26 Å². The molecular weight excluding hydrogens is 260 g/mol. The van der Waals surface area contributed by atoms with E-state index >= 15 is 0 Å². The van der Waals surface area contributed by atoms with E-state index in [1.54, 1.807) is 4.90 Å². The van der Waals surface area contributed by atoms with Gasteiger partial charge >= 0.3 is 0 Å². The van der Waals surface area contributed by atoms with Gasteiger partial charge in [0.05, 0.1) is 32.4 Å². The van der Waals surface area contributed by atoms with Crippen LogP contribution >= 0.6 is 0 Å². The van der Waals surface area contributed by atoms with Crippen molar-refractivity contribution in [2.24, 2.45) is 0 Å². The second-order valence-electron chi connectivity index (χ2n) is 5.07. The molecule has 0 unspecified atom stereocenters. The summed E-state index contributed by atoms with van der Waals surface area (Å²) in [6.07, 6.45) is 1.37. The Balaban J connectivity index is 1.73. The van der Waals surface area contributed by atoms with Crippen LogP contribution < -0.4 is 10.6 Å². The van der Waals surface area contributed by atoms with Crippen molar-refractivity contribution in [2.45, 2.75) is 18.4 Å². The molecule has 0 radical (unpaired) electrons. The molecular formula is C13H20N4O3. The van der Waals surface area contributed by atoms with Gasteiger partial charge in [-0.05, 0) is 19.4 Å². The zero-order valence-corrected chi connectivity index (χ0v) is 11.5. The van der Waals surface area contributed by atoms with Gasteiger partial charge in [0, 0.05) is 13.1 Å². The third-order valence-corrected chi connectivity index (χ3v) is 3.75. The molecule has 0 spiro atoms. The minimum absolute atomic E-state index is 0.0357. The van der Waals surface area contributed by atoms with Crippen molar-refractivity contribution in [2.75, 3.05) is 45.9 Å². The first-order valence-corrected chi connectivity index (χ1v) is 6.94. The molecule has 20 heavy (non-hydrogen) atoms. The summed E-state index contributed by atoms with van der Waals surface area (Å²) in [7, 11) is 0. The lowest BCUT2D eigenvalue weighted by molar-refractivity contribution is -0.134. The molecule has 0 aliphatic carbocycles. The predicted molar refractivity (Wildman–Crippen MR) is 70.9 cm³/mol. The second kappa shape index (κ2) is 6.79. The first-order chi connectivity index (χ1) is 9.68. The van der Waals surface area contributed by atoms with Crippen LogP contribution in [-0.2, 0) is 14.3 Å². The Morgan fingerprint density at radius 2 is 2.10 bits per heavy atom. The normalized spacial score (nSPS) is 26.2. The maximum Gasteiger partial charge on any atom is 0.236 e. The fourth-order valence-electron chi connectivity index (χ4n) is 2.50. The molecule has 0 bridgehead atoms. The van der Waals surface area contributed by atoms with E-state index in [1.165, 1.54) is 0 Å². The number of morpholine rings is 1. The summed E-state index contributed by atoms with van der Waals surface area (Å²) in [5.74, 6) is -0.223. The van der Waals surface area contributed by atoms with Gasteiger partial charge in [-0.3, -0.25) is 14.9 Å². The van der Waals surface area contributed by atoms with Gasteiger partial charge in [0.1, 0.15) is 0 Å². The van der Waals surface area contributed by atoms with Crippen molar-refractivity contribution in [3.05, 3.63) is 0 Å². The minimum atomic E-state index is -1.06. The lowest BCUT2D eigenvalue weighted by Crippen LogP contribution is -2.51. The van der Waals surface area contributed by atoms with Crippen molar-refractivity contribution in [3.8, 4) is 6.07 Å². The number of Topliss-reactive ketones (excluding diaryl/α,β-unsaturated/α-hetero) is 1. The van der Waals surface area contributed by atoms with Crippen LogP contribution in [0.25, 0.3) is 0 Å². The summed E-state index contributed by atoms with van der Waals surface area (Å²) in [6.45, 7) is 3.16. The molecule has 0 saturated carbocycles. The number of hydrogen-bond donors (Lipinski definition) is 2. The molecule has 2 N–H and O–H groups in total. The van der Waals surface area contributed by atoms with E-state index in [9.17, 15) is 9.59 Å². The first kappa shape index (κ1) is 14.9. The van der Waals surface area contributed by atoms with Gasteiger partial charge in [0.2, 0.25) is 5.91 Å². The largest absolute Gasteiger partial charge is 0.378 e. The highest BCUT2D eigenvalue weighted by atomic mass is 16.5. The van der Waals surface area contributed by atoms with Crippen LogP contribution in [0.15, 0.2) is 0 Å². The summed E-state index contributed by atoms with van der Waals surface area (Å²) < 4.78 is 5.18. The van der Waals surface area contributed by atoms with E-state index in [-0.39, 0.29) is 24.8 Å². The topological polar surface area (TPSA) is 94.5 Å². The molecule has 1 amide bonds. The molecule has 2 aliphatic rings. The average Bonchev–Trinajstić information content (AvgIpc) is 2.98. The van der Waals surface area contributed by atoms with Crippen molar-refractivity contribution in [1.82, 2.24) is 15.5 Å². The molecule has 0 aromatic rings. The molecule has 2 saturated heterocycles. The maximum atomic E-state index is 12.1. The Labute approximate surface area is 118 Å². The van der Waals surface area contributed by atoms with Crippen LogP contribution in [0.4, 0.5) is 0 Å². The lowest BCUT2D eigenvalue weighted by atomic mass is 9.94. The molecule has 2 rings (SSSR count). The number of ether oxygens (including phenoxy) is 1. The summed E-state index contributed by atoms with van der Waals surface area (Å²) in [6, 6.07) is 2.07. The zero-order chi connectivity index (χ0) is 14.4. The van der Waals surface area contributed by atoms with E-state index in [4.69, 9.17) is 10.00 Å². The third-order valence-electron chi connectivity index (χ3n) is 3.75. The van der Waals surface area contributed by atoms with Crippen LogP contribution in [0.2, 0.25) is 0 Å². The number of ketones is 1. The Hall–Kier alpha value is -1.49. The molecule has 7 heteroatoms. The fraction of sp³-hybridized carbons (Fsp3) is 0.769. The molecule has 0 aromatic carbocycles. The number of nitrogens with one attached hydrogen (secondary N) is 2. The van der Waals surface area contributed by atoms with Crippen molar-refractivity contribution in [1.29, 1.82) is 5.26 Å². The van der Waals surface area contributed by atoms with Crippen molar-refractivity contribution in [3.63, 3.8) is 0 Å². The molecule has 110 valence electrons. The molecule has 2 fully saturated rings. The SMILES string of the molecule is N#C[C@]1(C(=O)CNCC(=O)N2CCOCC2)CCCN1. The highest BCUT2D eigenvalue weighted by Crippen LogP contribution is 2.19. The zero-order valence-electron chi connectivity index (χ0n) is 11.5. The van der Waals surface area contributed by atoms with Gasteiger partial charge in [0.15, 0.2) is 11.3 Å². The van der Waals surface area contributed by atoms with Crippen LogP contribution in [0, 0.1) is 11.3 Å². The van der Waals surface area contributed by atoms with Gasteiger partial charge in [-0.1, -0.05) is 0 Å². The lowest BCUT2D eigenvalue weighted by Gasteiger charge is -2.27. The van der Waals surface area contributed by atoms with E-state index in [0.29, 0.717) is 39.3 Å². The maximum absolute atomic E-state index is 12.1. The van der Waals surface area contributed by atoms with Gasteiger partial charge in [-0.15, -0.1) is 0 Å². The third kappa shape index (κ3) is 3.33. The smallest absolute Gasteiger partial charge is 0.236 e. The Bertz CT molecular complexity index is 406. The number of rotatable bonds is 5.